The summed E-state index contributed by atoms with van der Waals surface area (Å²) in [5, 5.41) is 3.85. The van der Waals surface area contributed by atoms with Crippen molar-refractivity contribution in [1.29, 1.82) is 0 Å². The van der Waals surface area contributed by atoms with Gasteiger partial charge >= 0.3 is 6.03 Å². The molecular weight excluding hydrogens is 451 g/mol. The van der Waals surface area contributed by atoms with E-state index in [0.717, 1.165) is 21.2 Å². The summed E-state index contributed by atoms with van der Waals surface area (Å²) in [7, 11) is 0. The zero-order valence-corrected chi connectivity index (χ0v) is 18.4. The van der Waals surface area contributed by atoms with Crippen molar-refractivity contribution >= 4 is 34.7 Å². The fourth-order valence-electron chi connectivity index (χ4n) is 3.83. The molecule has 2 heterocycles. The second-order valence-corrected chi connectivity index (χ2v) is 7.90. The predicted octanol–water partition coefficient (Wildman–Crippen LogP) is 4.81. The first-order valence-electron chi connectivity index (χ1n) is 10.8. The molecule has 174 valence electrons. The lowest BCUT2D eigenvalue weighted by Gasteiger charge is -2.25. The Bertz CT molecular complexity index is 1460. The number of ether oxygens (including phenoxy) is 1. The number of nitrogens with zero attached hydrogens (tertiary/aromatic N) is 1. The molecule has 1 aliphatic rings. The molecule has 0 aliphatic carbocycles. The van der Waals surface area contributed by atoms with Gasteiger partial charge in [-0.2, -0.15) is 0 Å². The fourth-order valence-corrected chi connectivity index (χ4v) is 3.83. The molecule has 1 N–H and O–H groups in total. The number of rotatable bonds is 6. The van der Waals surface area contributed by atoms with Crippen LogP contribution in [-0.2, 0) is 22.7 Å². The van der Waals surface area contributed by atoms with Crippen molar-refractivity contribution in [3.8, 4) is 5.75 Å². The third kappa shape index (κ3) is 4.54. The van der Waals surface area contributed by atoms with Crippen LogP contribution in [0.3, 0.4) is 0 Å². The maximum Gasteiger partial charge on any atom is 0.331 e. The molecule has 4 aromatic rings. The molecule has 35 heavy (non-hydrogen) atoms. The Morgan fingerprint density at radius 2 is 1.74 bits per heavy atom. The number of halogens is 1. The average molecular weight is 470 g/mol. The number of hydrogen-bond acceptors (Lipinski definition) is 5. The number of imide groups is 2. The molecule has 0 atom stereocenters. The lowest BCUT2D eigenvalue weighted by Crippen LogP contribution is -2.53. The topological polar surface area (TPSA) is 88.9 Å². The summed E-state index contributed by atoms with van der Waals surface area (Å²) in [5.74, 6) is -1.06. The quantitative estimate of drug-likeness (QED) is 0.323. The SMILES string of the molecule is O=C1NC(=O)N(Cc2ccco2)C(=O)C1=Cc1c(OCc2ccc(F)cc2)ccc2ccccc12. The summed E-state index contributed by atoms with van der Waals surface area (Å²) in [6, 6.07) is 19.5. The van der Waals surface area contributed by atoms with Gasteiger partial charge < -0.3 is 9.15 Å². The van der Waals surface area contributed by atoms with Gasteiger partial charge in [0.05, 0.1) is 12.8 Å². The summed E-state index contributed by atoms with van der Waals surface area (Å²) in [4.78, 5) is 39.1. The molecule has 0 bridgehead atoms. The molecule has 1 aromatic heterocycles. The van der Waals surface area contributed by atoms with Crippen LogP contribution in [0.2, 0.25) is 0 Å². The van der Waals surface area contributed by atoms with Crippen molar-refractivity contribution in [1.82, 2.24) is 10.2 Å². The molecule has 0 saturated carbocycles. The van der Waals surface area contributed by atoms with Gasteiger partial charge in [-0.05, 0) is 52.7 Å². The Balaban J connectivity index is 1.53. The summed E-state index contributed by atoms with van der Waals surface area (Å²) in [5.41, 5.74) is 1.05. The zero-order valence-electron chi connectivity index (χ0n) is 18.4. The van der Waals surface area contributed by atoms with Crippen molar-refractivity contribution in [3.05, 3.63) is 107 Å². The summed E-state index contributed by atoms with van der Waals surface area (Å²) < 4.78 is 24.5. The van der Waals surface area contributed by atoms with Crippen LogP contribution in [0.25, 0.3) is 16.8 Å². The standard InChI is InChI=1S/C27H19FN2O5/c28-19-10-7-17(8-11-19)16-35-24-12-9-18-4-1-2-6-21(18)22(24)14-23-25(31)29-27(33)30(26(23)32)15-20-5-3-13-34-20/h1-14H,15-16H2,(H,29,31,33). The second kappa shape index (κ2) is 9.26. The van der Waals surface area contributed by atoms with E-state index in [1.807, 2.05) is 30.3 Å². The van der Waals surface area contributed by atoms with Crippen molar-refractivity contribution in [2.24, 2.45) is 0 Å². The highest BCUT2D eigenvalue weighted by molar-refractivity contribution is 6.31. The summed E-state index contributed by atoms with van der Waals surface area (Å²) >= 11 is 0. The first kappa shape index (κ1) is 22.1. The molecule has 1 fully saturated rings. The number of amides is 4. The van der Waals surface area contributed by atoms with Gasteiger partial charge in [0.25, 0.3) is 11.8 Å². The Kier molecular flexibility index (Phi) is 5.85. The van der Waals surface area contributed by atoms with Gasteiger partial charge in [-0.15, -0.1) is 0 Å². The third-order valence-corrected chi connectivity index (χ3v) is 5.61. The number of carbonyl (C=O) groups excluding carboxylic acids is 3. The monoisotopic (exact) mass is 470 g/mol. The zero-order chi connectivity index (χ0) is 24.4. The number of fused-ring (bicyclic) bond motifs is 1. The number of barbiturate groups is 1. The van der Waals surface area contributed by atoms with E-state index < -0.39 is 17.8 Å². The van der Waals surface area contributed by atoms with Gasteiger partial charge in [-0.3, -0.25) is 19.8 Å². The van der Waals surface area contributed by atoms with E-state index >= 15 is 0 Å². The normalized spacial score (nSPS) is 15.1. The molecular formula is C27H19FN2O5. The minimum Gasteiger partial charge on any atom is -0.488 e. The van der Waals surface area contributed by atoms with Gasteiger partial charge in [-0.25, -0.2) is 9.18 Å². The van der Waals surface area contributed by atoms with Gasteiger partial charge in [0.1, 0.15) is 29.5 Å². The van der Waals surface area contributed by atoms with Crippen molar-refractivity contribution in [3.63, 3.8) is 0 Å². The van der Waals surface area contributed by atoms with E-state index in [-0.39, 0.29) is 24.5 Å². The number of carbonyl (C=O) groups is 3. The molecule has 7 nitrogen and oxygen atoms in total. The molecule has 1 aliphatic heterocycles. The van der Waals surface area contributed by atoms with E-state index in [9.17, 15) is 18.8 Å². The minimum atomic E-state index is -0.820. The van der Waals surface area contributed by atoms with Crippen LogP contribution < -0.4 is 10.1 Å². The van der Waals surface area contributed by atoms with Crippen LogP contribution in [0, 0.1) is 5.82 Å². The Morgan fingerprint density at radius 1 is 0.943 bits per heavy atom. The van der Waals surface area contributed by atoms with E-state index in [1.54, 1.807) is 30.3 Å². The number of furan rings is 1. The van der Waals surface area contributed by atoms with E-state index in [4.69, 9.17) is 9.15 Å². The smallest absolute Gasteiger partial charge is 0.331 e. The van der Waals surface area contributed by atoms with E-state index in [2.05, 4.69) is 5.32 Å². The highest BCUT2D eigenvalue weighted by atomic mass is 19.1. The molecule has 3 aromatic carbocycles. The van der Waals surface area contributed by atoms with Gasteiger partial charge in [0.15, 0.2) is 0 Å². The largest absolute Gasteiger partial charge is 0.488 e. The molecule has 1 saturated heterocycles. The molecule has 4 amide bonds. The van der Waals surface area contributed by atoms with Crippen LogP contribution in [0.15, 0.2) is 89.0 Å². The van der Waals surface area contributed by atoms with Crippen molar-refractivity contribution in [2.45, 2.75) is 13.2 Å². The number of urea groups is 1. The van der Waals surface area contributed by atoms with Crippen molar-refractivity contribution in [2.75, 3.05) is 0 Å². The van der Waals surface area contributed by atoms with Crippen molar-refractivity contribution < 1.29 is 27.9 Å². The maximum absolute atomic E-state index is 13.2. The maximum atomic E-state index is 13.2. The Labute approximate surface area is 199 Å². The molecule has 0 spiro atoms. The first-order chi connectivity index (χ1) is 17.0. The first-order valence-corrected chi connectivity index (χ1v) is 10.8. The molecule has 5 rings (SSSR count). The lowest BCUT2D eigenvalue weighted by molar-refractivity contribution is -0.130. The lowest BCUT2D eigenvalue weighted by atomic mass is 9.99. The highest BCUT2D eigenvalue weighted by Crippen LogP contribution is 2.32. The summed E-state index contributed by atoms with van der Waals surface area (Å²) in [6.07, 6.45) is 2.87. The van der Waals surface area contributed by atoms with Gasteiger partial charge in [0.2, 0.25) is 0 Å². The van der Waals surface area contributed by atoms with Crippen LogP contribution in [0.5, 0.6) is 5.75 Å². The van der Waals surface area contributed by atoms with Crippen LogP contribution >= 0.6 is 0 Å². The number of hydrogen-bond donors (Lipinski definition) is 1. The van der Waals surface area contributed by atoms with E-state index in [1.165, 1.54) is 24.5 Å². The predicted molar refractivity (Wildman–Crippen MR) is 125 cm³/mol. The second-order valence-electron chi connectivity index (χ2n) is 7.90. The summed E-state index contributed by atoms with van der Waals surface area (Å²) in [6.45, 7) is 0.0315. The molecule has 0 unspecified atom stereocenters. The Morgan fingerprint density at radius 3 is 2.51 bits per heavy atom. The van der Waals surface area contributed by atoms with Gasteiger partial charge in [-0.1, -0.05) is 42.5 Å². The molecule has 0 radical (unpaired) electrons. The van der Waals surface area contributed by atoms with Crippen LogP contribution in [0.4, 0.5) is 9.18 Å². The third-order valence-electron chi connectivity index (χ3n) is 5.61. The molecule has 8 heteroatoms. The van der Waals surface area contributed by atoms with Crippen LogP contribution in [0.1, 0.15) is 16.9 Å². The van der Waals surface area contributed by atoms with Gasteiger partial charge in [0, 0.05) is 5.56 Å². The Hall–Kier alpha value is -4.72. The average Bonchev–Trinajstić information content (AvgIpc) is 3.38. The minimum absolute atomic E-state index is 0.119. The highest BCUT2D eigenvalue weighted by Gasteiger charge is 2.36. The van der Waals surface area contributed by atoms with Crippen LogP contribution in [-0.4, -0.2) is 22.7 Å². The number of nitrogens with one attached hydrogen (secondary N) is 1. The fraction of sp³-hybridized carbons (Fsp3) is 0.0741. The number of benzene rings is 3. The van der Waals surface area contributed by atoms with E-state index in [0.29, 0.717) is 17.1 Å².